The van der Waals surface area contributed by atoms with Gasteiger partial charge in [-0.05, 0) is 29.7 Å². The maximum Gasteiger partial charge on any atom is 0.341 e. The normalized spacial score (nSPS) is 12.2. The lowest BCUT2D eigenvalue weighted by atomic mass is 10.0. The minimum Gasteiger partial charge on any atom is -0.479 e. The smallest absolute Gasteiger partial charge is 0.341 e. The quantitative estimate of drug-likeness (QED) is 0.486. The number of nitrogens with one attached hydrogen (secondary N) is 1. The van der Waals surface area contributed by atoms with Gasteiger partial charge in [0.1, 0.15) is 11.2 Å². The van der Waals surface area contributed by atoms with Crippen LogP contribution in [-0.4, -0.2) is 39.5 Å². The number of aliphatic hydroxyl groups is 1. The number of hydrogen-bond donors (Lipinski definition) is 3. The zero-order valence-corrected chi connectivity index (χ0v) is 17.7. The number of fused-ring (bicyclic) bond motifs is 1. The molecular formula is C22H23F2N3O5. The lowest BCUT2D eigenvalue weighted by Crippen LogP contribution is -2.26. The molecule has 0 bridgehead atoms. The predicted octanol–water partition coefficient (Wildman–Crippen LogP) is 3.18. The van der Waals surface area contributed by atoms with Crippen molar-refractivity contribution in [3.05, 3.63) is 63.4 Å². The summed E-state index contributed by atoms with van der Waals surface area (Å²) in [5, 5.41) is 22.3. The van der Waals surface area contributed by atoms with Crippen molar-refractivity contribution >= 4 is 22.7 Å². The predicted molar refractivity (Wildman–Crippen MR) is 114 cm³/mol. The Hall–Kier alpha value is -3.53. The molecule has 0 unspecified atom stereocenters. The van der Waals surface area contributed by atoms with Gasteiger partial charge in [0.15, 0.2) is 11.6 Å². The van der Waals surface area contributed by atoms with Crippen molar-refractivity contribution in [3.63, 3.8) is 0 Å². The van der Waals surface area contributed by atoms with E-state index in [1.54, 1.807) is 0 Å². The fraction of sp³-hybridized carbons (Fsp3) is 0.318. The summed E-state index contributed by atoms with van der Waals surface area (Å²) in [6, 6.07) is 4.31. The summed E-state index contributed by atoms with van der Waals surface area (Å²) >= 11 is 0. The number of hydrogen-bond acceptors (Lipinski definition) is 6. The summed E-state index contributed by atoms with van der Waals surface area (Å²) < 4.78 is 33.4. The van der Waals surface area contributed by atoms with Gasteiger partial charge in [0.2, 0.25) is 11.3 Å². The van der Waals surface area contributed by atoms with Gasteiger partial charge in [-0.1, -0.05) is 19.9 Å². The molecule has 32 heavy (non-hydrogen) atoms. The van der Waals surface area contributed by atoms with Crippen LogP contribution in [0.25, 0.3) is 11.0 Å². The van der Waals surface area contributed by atoms with Gasteiger partial charge in [0.25, 0.3) is 0 Å². The van der Waals surface area contributed by atoms with Gasteiger partial charge in [-0.25, -0.2) is 13.6 Å². The number of aromatic carboxylic acids is 1. The molecule has 0 aliphatic carbocycles. The standard InChI is InChI=1S/C22H23F2N3O5/c1-11(2)18(10-28)27-9-14(22(30)31)19(29)13-7-17(21(32-3)26-20(13)27)25-8-12-4-5-15(23)16(24)6-12/h4-7,9,11,18,25,28H,8,10H2,1-3H3,(H,30,31)/t18-/m1/s1. The van der Waals surface area contributed by atoms with Gasteiger partial charge in [0, 0.05) is 12.7 Å². The number of anilines is 1. The van der Waals surface area contributed by atoms with E-state index < -0.39 is 34.6 Å². The van der Waals surface area contributed by atoms with Gasteiger partial charge in [-0.2, -0.15) is 4.98 Å². The third-order valence-electron chi connectivity index (χ3n) is 5.17. The number of rotatable bonds is 8. The molecule has 0 saturated heterocycles. The number of ether oxygens (including phenoxy) is 1. The monoisotopic (exact) mass is 447 g/mol. The van der Waals surface area contributed by atoms with Crippen molar-refractivity contribution in [2.45, 2.75) is 26.4 Å². The first-order valence-electron chi connectivity index (χ1n) is 9.83. The Bertz CT molecular complexity index is 1230. The average molecular weight is 447 g/mol. The first kappa shape index (κ1) is 23.1. The van der Waals surface area contributed by atoms with Gasteiger partial charge < -0.3 is 24.8 Å². The highest BCUT2D eigenvalue weighted by atomic mass is 19.2. The van der Waals surface area contributed by atoms with E-state index in [4.69, 9.17) is 4.74 Å². The third-order valence-corrected chi connectivity index (χ3v) is 5.17. The van der Waals surface area contributed by atoms with Crippen LogP contribution in [0.1, 0.15) is 35.8 Å². The molecule has 2 aromatic heterocycles. The second kappa shape index (κ2) is 9.31. The highest BCUT2D eigenvalue weighted by molar-refractivity contribution is 5.93. The molecule has 2 heterocycles. The zero-order chi connectivity index (χ0) is 23.6. The SMILES string of the molecule is COc1nc2c(cc1NCc1ccc(F)c(F)c1)c(=O)c(C(=O)O)cn2[C@H](CO)C(C)C. The van der Waals surface area contributed by atoms with E-state index in [1.807, 2.05) is 13.8 Å². The molecule has 3 aromatic rings. The molecule has 0 amide bonds. The van der Waals surface area contributed by atoms with Crippen LogP contribution in [0.4, 0.5) is 14.5 Å². The number of aliphatic hydroxyl groups excluding tert-OH is 1. The van der Waals surface area contributed by atoms with Crippen LogP contribution in [0.3, 0.4) is 0 Å². The molecule has 0 aliphatic heterocycles. The first-order chi connectivity index (χ1) is 15.2. The number of aromatic nitrogens is 2. The third kappa shape index (κ3) is 4.40. The molecule has 0 saturated carbocycles. The van der Waals surface area contributed by atoms with E-state index in [9.17, 15) is 28.6 Å². The molecule has 10 heteroatoms. The van der Waals surface area contributed by atoms with Crippen LogP contribution in [0.5, 0.6) is 5.88 Å². The molecule has 0 spiro atoms. The van der Waals surface area contributed by atoms with Gasteiger partial charge in [-0.3, -0.25) is 4.79 Å². The Labute approximate surface area is 182 Å². The largest absolute Gasteiger partial charge is 0.479 e. The van der Waals surface area contributed by atoms with Gasteiger partial charge >= 0.3 is 5.97 Å². The summed E-state index contributed by atoms with van der Waals surface area (Å²) in [7, 11) is 1.37. The minimum atomic E-state index is -1.40. The zero-order valence-electron chi connectivity index (χ0n) is 17.7. The lowest BCUT2D eigenvalue weighted by molar-refractivity contribution is 0.0694. The van der Waals surface area contributed by atoms with Crippen LogP contribution in [0.15, 0.2) is 35.3 Å². The van der Waals surface area contributed by atoms with Crippen LogP contribution in [0, 0.1) is 17.6 Å². The molecule has 0 aliphatic rings. The number of halogens is 2. The van der Waals surface area contributed by atoms with Crippen LogP contribution in [0.2, 0.25) is 0 Å². The van der Waals surface area contributed by atoms with Crippen molar-refractivity contribution in [1.29, 1.82) is 0 Å². The van der Waals surface area contributed by atoms with Crippen LogP contribution >= 0.6 is 0 Å². The number of benzene rings is 1. The Morgan fingerprint density at radius 1 is 1.25 bits per heavy atom. The maximum absolute atomic E-state index is 13.5. The summed E-state index contributed by atoms with van der Waals surface area (Å²) in [6.45, 7) is 3.47. The topological polar surface area (TPSA) is 114 Å². The summed E-state index contributed by atoms with van der Waals surface area (Å²) in [6.07, 6.45) is 1.18. The Balaban J connectivity index is 2.16. The average Bonchev–Trinajstić information content (AvgIpc) is 2.75. The van der Waals surface area contributed by atoms with Crippen molar-refractivity contribution in [3.8, 4) is 5.88 Å². The molecule has 3 rings (SSSR count). The molecule has 3 N–H and O–H groups in total. The second-order valence-corrected chi connectivity index (χ2v) is 7.60. The van der Waals surface area contributed by atoms with E-state index in [-0.39, 0.29) is 41.7 Å². The molecule has 1 atom stereocenters. The molecule has 1 aromatic carbocycles. The molecule has 170 valence electrons. The highest BCUT2D eigenvalue weighted by Gasteiger charge is 2.23. The minimum absolute atomic E-state index is 0.0117. The van der Waals surface area contributed by atoms with Crippen molar-refractivity contribution < 1.29 is 28.5 Å². The lowest BCUT2D eigenvalue weighted by Gasteiger charge is -2.24. The summed E-state index contributed by atoms with van der Waals surface area (Å²) in [4.78, 5) is 28.9. The number of nitrogens with zero attached hydrogens (tertiary/aromatic N) is 2. The molecule has 8 nitrogen and oxygen atoms in total. The van der Waals surface area contributed by atoms with Crippen molar-refractivity contribution in [2.24, 2.45) is 5.92 Å². The molecular weight excluding hydrogens is 424 g/mol. The van der Waals surface area contributed by atoms with E-state index in [2.05, 4.69) is 10.3 Å². The van der Waals surface area contributed by atoms with Gasteiger partial charge in [-0.15, -0.1) is 0 Å². The van der Waals surface area contributed by atoms with E-state index in [0.29, 0.717) is 5.56 Å². The number of carbonyl (C=O) groups is 1. The van der Waals surface area contributed by atoms with E-state index >= 15 is 0 Å². The van der Waals surface area contributed by atoms with Crippen LogP contribution < -0.4 is 15.5 Å². The Morgan fingerprint density at radius 2 is 1.97 bits per heavy atom. The van der Waals surface area contributed by atoms with E-state index in [0.717, 1.165) is 12.1 Å². The highest BCUT2D eigenvalue weighted by Crippen LogP contribution is 2.29. The Kier molecular flexibility index (Phi) is 6.73. The fourth-order valence-electron chi connectivity index (χ4n) is 3.41. The number of methoxy groups -OCH3 is 1. The molecule has 0 radical (unpaired) electrons. The second-order valence-electron chi connectivity index (χ2n) is 7.60. The number of carboxylic acid groups (broad SMARTS) is 1. The first-order valence-corrected chi connectivity index (χ1v) is 9.83. The summed E-state index contributed by atoms with van der Waals surface area (Å²) in [5.41, 5.74) is -0.350. The summed E-state index contributed by atoms with van der Waals surface area (Å²) in [5.74, 6) is -3.35. The van der Waals surface area contributed by atoms with E-state index in [1.165, 1.54) is 30.0 Å². The molecule has 0 fully saturated rings. The Morgan fingerprint density at radius 3 is 2.53 bits per heavy atom. The van der Waals surface area contributed by atoms with Crippen molar-refractivity contribution in [2.75, 3.05) is 19.0 Å². The maximum atomic E-state index is 13.5. The van der Waals surface area contributed by atoms with Crippen molar-refractivity contribution in [1.82, 2.24) is 9.55 Å². The fourth-order valence-corrected chi connectivity index (χ4v) is 3.41. The van der Waals surface area contributed by atoms with Crippen LogP contribution in [-0.2, 0) is 6.54 Å². The number of pyridine rings is 2. The van der Waals surface area contributed by atoms with Gasteiger partial charge in [0.05, 0.1) is 30.8 Å². The number of carboxylic acids is 1.